The average molecular weight is 453 g/mol. The number of ether oxygens (including phenoxy) is 2. The molecule has 0 aromatic heterocycles. The summed E-state index contributed by atoms with van der Waals surface area (Å²) in [6.07, 6.45) is 7.61. The van der Waals surface area contributed by atoms with Crippen molar-refractivity contribution >= 4 is 29.9 Å². The Hall–Kier alpha value is -0.0800. The zero-order chi connectivity index (χ0) is 16.3. The topological polar surface area (TPSA) is 54.9 Å². The van der Waals surface area contributed by atoms with Crippen molar-refractivity contribution in [1.29, 1.82) is 0 Å². The van der Waals surface area contributed by atoms with Gasteiger partial charge in [-0.15, -0.1) is 24.0 Å². The first kappa shape index (κ1) is 22.0. The van der Waals surface area contributed by atoms with E-state index >= 15 is 0 Å². The van der Waals surface area contributed by atoms with Gasteiger partial charge in [-0.3, -0.25) is 4.99 Å². The van der Waals surface area contributed by atoms with Gasteiger partial charge in [0.15, 0.2) is 5.96 Å². The van der Waals surface area contributed by atoms with E-state index < -0.39 is 0 Å². The molecule has 2 aliphatic rings. The molecule has 0 radical (unpaired) electrons. The molecule has 1 saturated heterocycles. The lowest BCUT2D eigenvalue weighted by molar-refractivity contribution is 0.0888. The van der Waals surface area contributed by atoms with Gasteiger partial charge in [0.05, 0.1) is 13.2 Å². The standard InChI is InChI=1S/C18H35N3O2.HI/c1-15-4-6-16(7-5-15)12-21-18(19-2)20-9-3-10-22-13-17-8-11-23-14-17;/h15-17H,3-14H2,1-2H3,(H2,19,20,21);1H. The van der Waals surface area contributed by atoms with Crippen LogP contribution in [0, 0.1) is 17.8 Å². The van der Waals surface area contributed by atoms with E-state index in [1.807, 2.05) is 7.05 Å². The zero-order valence-electron chi connectivity index (χ0n) is 15.4. The molecule has 0 amide bonds. The van der Waals surface area contributed by atoms with Crippen LogP contribution in [-0.4, -0.2) is 52.5 Å². The quantitative estimate of drug-likeness (QED) is 0.257. The van der Waals surface area contributed by atoms with Crippen molar-refractivity contribution in [2.24, 2.45) is 22.7 Å². The van der Waals surface area contributed by atoms with Crippen molar-refractivity contribution in [2.45, 2.75) is 45.4 Å². The van der Waals surface area contributed by atoms with Crippen LogP contribution in [0.5, 0.6) is 0 Å². The maximum atomic E-state index is 5.72. The number of aliphatic imine (C=N–C) groups is 1. The second kappa shape index (κ2) is 13.2. The van der Waals surface area contributed by atoms with Gasteiger partial charge < -0.3 is 20.1 Å². The number of nitrogens with zero attached hydrogens (tertiary/aromatic N) is 1. The molecule has 142 valence electrons. The van der Waals surface area contributed by atoms with E-state index in [4.69, 9.17) is 9.47 Å². The Bertz CT molecular complexity index is 341. The number of rotatable bonds is 8. The summed E-state index contributed by atoms with van der Waals surface area (Å²) >= 11 is 0. The molecule has 1 unspecified atom stereocenters. The largest absolute Gasteiger partial charge is 0.381 e. The number of halogens is 1. The van der Waals surface area contributed by atoms with Gasteiger partial charge in [-0.05, 0) is 37.5 Å². The fraction of sp³-hybridized carbons (Fsp3) is 0.944. The molecule has 2 N–H and O–H groups in total. The molecule has 1 aliphatic carbocycles. The van der Waals surface area contributed by atoms with E-state index in [1.165, 1.54) is 25.7 Å². The van der Waals surface area contributed by atoms with E-state index in [0.717, 1.165) is 70.2 Å². The van der Waals surface area contributed by atoms with Gasteiger partial charge >= 0.3 is 0 Å². The maximum Gasteiger partial charge on any atom is 0.190 e. The normalized spacial score (nSPS) is 27.6. The van der Waals surface area contributed by atoms with Gasteiger partial charge in [0.25, 0.3) is 0 Å². The first-order valence-corrected chi connectivity index (χ1v) is 9.38. The molecule has 0 spiro atoms. The average Bonchev–Trinajstić information content (AvgIpc) is 3.08. The molecule has 1 heterocycles. The lowest BCUT2D eigenvalue weighted by atomic mass is 9.83. The molecule has 2 rings (SSSR count). The van der Waals surface area contributed by atoms with Crippen LogP contribution in [0.25, 0.3) is 0 Å². The first-order chi connectivity index (χ1) is 11.3. The first-order valence-electron chi connectivity index (χ1n) is 9.38. The molecule has 2 fully saturated rings. The second-order valence-electron chi connectivity index (χ2n) is 7.16. The second-order valence-corrected chi connectivity index (χ2v) is 7.16. The molecule has 0 aromatic rings. The van der Waals surface area contributed by atoms with Crippen LogP contribution in [0.2, 0.25) is 0 Å². The van der Waals surface area contributed by atoms with Crippen molar-refractivity contribution in [3.8, 4) is 0 Å². The zero-order valence-corrected chi connectivity index (χ0v) is 17.7. The minimum absolute atomic E-state index is 0. The van der Waals surface area contributed by atoms with E-state index in [2.05, 4.69) is 22.5 Å². The third kappa shape index (κ3) is 8.85. The van der Waals surface area contributed by atoms with E-state index in [9.17, 15) is 0 Å². The van der Waals surface area contributed by atoms with Crippen LogP contribution in [0.1, 0.15) is 45.4 Å². The van der Waals surface area contributed by atoms with Crippen LogP contribution < -0.4 is 10.6 Å². The Morgan fingerprint density at radius 2 is 1.92 bits per heavy atom. The molecular weight excluding hydrogens is 417 g/mol. The molecule has 0 bridgehead atoms. The SMILES string of the molecule is CN=C(NCCCOCC1CCOC1)NCC1CCC(C)CC1.I. The molecule has 5 nitrogen and oxygen atoms in total. The summed E-state index contributed by atoms with van der Waals surface area (Å²) in [6, 6.07) is 0. The van der Waals surface area contributed by atoms with Crippen molar-refractivity contribution in [3.63, 3.8) is 0 Å². The summed E-state index contributed by atoms with van der Waals surface area (Å²) in [5.74, 6) is 3.25. The molecule has 6 heteroatoms. The Morgan fingerprint density at radius 1 is 1.12 bits per heavy atom. The van der Waals surface area contributed by atoms with Gasteiger partial charge in [0.2, 0.25) is 0 Å². The van der Waals surface area contributed by atoms with Gasteiger partial charge in [0.1, 0.15) is 0 Å². The number of nitrogens with one attached hydrogen (secondary N) is 2. The van der Waals surface area contributed by atoms with Crippen LogP contribution in [0.3, 0.4) is 0 Å². The number of guanidine groups is 1. The highest BCUT2D eigenvalue weighted by Crippen LogP contribution is 2.27. The molecule has 1 atom stereocenters. The van der Waals surface area contributed by atoms with Crippen LogP contribution in [-0.2, 0) is 9.47 Å². The van der Waals surface area contributed by atoms with Crippen molar-refractivity contribution in [1.82, 2.24) is 10.6 Å². The fourth-order valence-corrected chi connectivity index (χ4v) is 3.34. The monoisotopic (exact) mass is 453 g/mol. The Morgan fingerprint density at radius 3 is 2.58 bits per heavy atom. The van der Waals surface area contributed by atoms with Gasteiger partial charge in [-0.2, -0.15) is 0 Å². The van der Waals surface area contributed by atoms with Crippen LogP contribution >= 0.6 is 24.0 Å². The molecule has 0 aromatic carbocycles. The predicted molar refractivity (Wildman–Crippen MR) is 110 cm³/mol. The highest BCUT2D eigenvalue weighted by atomic mass is 127. The minimum atomic E-state index is 0. The fourth-order valence-electron chi connectivity index (χ4n) is 3.34. The summed E-state index contributed by atoms with van der Waals surface area (Å²) in [7, 11) is 1.84. The third-order valence-electron chi connectivity index (χ3n) is 5.05. The van der Waals surface area contributed by atoms with E-state index in [1.54, 1.807) is 0 Å². The van der Waals surface area contributed by atoms with Gasteiger partial charge in [-0.1, -0.05) is 19.8 Å². The third-order valence-corrected chi connectivity index (χ3v) is 5.05. The summed E-state index contributed by atoms with van der Waals surface area (Å²) < 4.78 is 11.1. The maximum absolute atomic E-state index is 5.72. The lowest BCUT2D eigenvalue weighted by Crippen LogP contribution is -2.40. The number of hydrogen-bond acceptors (Lipinski definition) is 3. The lowest BCUT2D eigenvalue weighted by Gasteiger charge is -2.26. The Balaban J connectivity index is 0.00000288. The summed E-state index contributed by atoms with van der Waals surface area (Å²) in [4.78, 5) is 4.31. The van der Waals surface area contributed by atoms with Crippen LogP contribution in [0.15, 0.2) is 4.99 Å². The highest BCUT2D eigenvalue weighted by Gasteiger charge is 2.18. The summed E-state index contributed by atoms with van der Waals surface area (Å²) in [5, 5.41) is 6.85. The van der Waals surface area contributed by atoms with Crippen molar-refractivity contribution in [3.05, 3.63) is 0 Å². The number of hydrogen-bond donors (Lipinski definition) is 2. The smallest absolute Gasteiger partial charge is 0.190 e. The van der Waals surface area contributed by atoms with Crippen LogP contribution in [0.4, 0.5) is 0 Å². The molecular formula is C18H36IN3O2. The van der Waals surface area contributed by atoms with Crippen molar-refractivity contribution in [2.75, 3.05) is 46.6 Å². The molecule has 24 heavy (non-hydrogen) atoms. The Kier molecular flexibility index (Phi) is 12.0. The Labute approximate surface area is 164 Å². The van der Waals surface area contributed by atoms with Gasteiger partial charge in [-0.25, -0.2) is 0 Å². The van der Waals surface area contributed by atoms with E-state index in [-0.39, 0.29) is 24.0 Å². The summed E-state index contributed by atoms with van der Waals surface area (Å²) in [5.41, 5.74) is 0. The molecule has 1 saturated carbocycles. The minimum Gasteiger partial charge on any atom is -0.381 e. The van der Waals surface area contributed by atoms with E-state index in [0.29, 0.717) is 5.92 Å². The highest BCUT2D eigenvalue weighted by molar-refractivity contribution is 14.0. The van der Waals surface area contributed by atoms with Crippen molar-refractivity contribution < 1.29 is 9.47 Å². The predicted octanol–water partition coefficient (Wildman–Crippen LogP) is 3.04. The molecule has 1 aliphatic heterocycles. The summed E-state index contributed by atoms with van der Waals surface area (Å²) in [6.45, 7) is 7.74. The van der Waals surface area contributed by atoms with Gasteiger partial charge in [0, 0.05) is 39.3 Å².